The zero-order valence-electron chi connectivity index (χ0n) is 13.4. The lowest BCUT2D eigenvalue weighted by Gasteiger charge is -2.15. The highest BCUT2D eigenvalue weighted by Gasteiger charge is 2.21. The number of benzene rings is 2. The molecular formula is C19H14Cl2N2OS. The van der Waals surface area contributed by atoms with Crippen molar-refractivity contribution in [3.05, 3.63) is 62.4 Å². The summed E-state index contributed by atoms with van der Waals surface area (Å²) in [5.41, 5.74) is 4.30. The second-order valence-electron chi connectivity index (χ2n) is 5.72. The predicted molar refractivity (Wildman–Crippen MR) is 105 cm³/mol. The number of hydrogen-bond acceptors (Lipinski definition) is 4. The van der Waals surface area contributed by atoms with Crippen LogP contribution in [0.2, 0.25) is 10.0 Å². The van der Waals surface area contributed by atoms with Crippen LogP contribution < -0.4 is 4.74 Å². The molecule has 3 aromatic rings. The number of aryl methyl sites for hydroxylation is 2. The van der Waals surface area contributed by atoms with Crippen LogP contribution in [0.5, 0.6) is 5.75 Å². The average Bonchev–Trinajstić information content (AvgIpc) is 3.04. The van der Waals surface area contributed by atoms with Crippen LogP contribution in [0.25, 0.3) is 11.3 Å². The summed E-state index contributed by atoms with van der Waals surface area (Å²) in [7, 11) is 1.69. The topological polar surface area (TPSA) is 34.5 Å². The van der Waals surface area contributed by atoms with Crippen molar-refractivity contribution in [1.82, 2.24) is 4.98 Å². The van der Waals surface area contributed by atoms with Gasteiger partial charge in [0.05, 0.1) is 17.8 Å². The number of hydrogen-bond donors (Lipinski definition) is 0. The van der Waals surface area contributed by atoms with Gasteiger partial charge in [-0.2, -0.15) is 0 Å². The molecule has 0 amide bonds. The van der Waals surface area contributed by atoms with E-state index in [-0.39, 0.29) is 0 Å². The number of fused-ring (bicyclic) bond motifs is 3. The van der Waals surface area contributed by atoms with E-state index in [2.05, 4.69) is 17.1 Å². The Morgan fingerprint density at radius 3 is 2.84 bits per heavy atom. The fraction of sp³-hybridized carbons (Fsp3) is 0.158. The first-order valence-corrected chi connectivity index (χ1v) is 9.37. The molecule has 0 saturated carbocycles. The fourth-order valence-corrected chi connectivity index (χ4v) is 4.26. The summed E-state index contributed by atoms with van der Waals surface area (Å²) in [5.74, 6) is 0.882. The zero-order valence-corrected chi connectivity index (χ0v) is 15.8. The molecule has 0 bridgehead atoms. The molecule has 0 atom stereocenters. The predicted octanol–water partition coefficient (Wildman–Crippen LogP) is 5.97. The number of thiazole rings is 1. The summed E-state index contributed by atoms with van der Waals surface area (Å²) >= 11 is 13.7. The van der Waals surface area contributed by atoms with Crippen molar-refractivity contribution in [1.29, 1.82) is 0 Å². The molecule has 1 aromatic heterocycles. The normalized spacial score (nSPS) is 12.9. The molecule has 1 aliphatic carbocycles. The van der Waals surface area contributed by atoms with E-state index >= 15 is 0 Å². The molecule has 0 aliphatic heterocycles. The second-order valence-corrected chi connectivity index (χ2v) is 7.62. The van der Waals surface area contributed by atoms with E-state index in [9.17, 15) is 0 Å². The second kappa shape index (κ2) is 6.79. The van der Waals surface area contributed by atoms with E-state index in [0.717, 1.165) is 35.0 Å². The molecule has 2 aromatic carbocycles. The number of nitrogens with zero attached hydrogens (tertiary/aromatic N) is 2. The number of halogens is 2. The molecule has 1 aliphatic rings. The van der Waals surface area contributed by atoms with Gasteiger partial charge in [-0.05, 0) is 48.7 Å². The number of aromatic nitrogens is 1. The summed E-state index contributed by atoms with van der Waals surface area (Å²) < 4.78 is 5.32. The fourth-order valence-electron chi connectivity index (χ4n) is 2.89. The minimum Gasteiger partial charge on any atom is -0.497 e. The minimum atomic E-state index is 0.579. The lowest BCUT2D eigenvalue weighted by molar-refractivity contribution is 0.414. The number of ether oxygens (including phenoxy) is 1. The third-order valence-corrected chi connectivity index (χ3v) is 5.74. The first-order chi connectivity index (χ1) is 12.1. The van der Waals surface area contributed by atoms with Crippen LogP contribution in [0.15, 0.2) is 41.4 Å². The molecule has 126 valence electrons. The molecule has 0 N–H and O–H groups in total. The summed E-state index contributed by atoms with van der Waals surface area (Å²) in [6.07, 6.45) is 3.70. The van der Waals surface area contributed by atoms with E-state index in [1.807, 2.05) is 12.1 Å². The Kier molecular flexibility index (Phi) is 4.50. The van der Waals surface area contributed by atoms with Crippen LogP contribution >= 0.6 is 34.5 Å². The number of aliphatic imine (C=N–C) groups is 1. The largest absolute Gasteiger partial charge is 0.497 e. The smallest absolute Gasteiger partial charge is 0.209 e. The number of methoxy groups -OCH3 is 1. The van der Waals surface area contributed by atoms with Crippen molar-refractivity contribution in [3.63, 3.8) is 0 Å². The molecule has 4 rings (SSSR count). The van der Waals surface area contributed by atoms with Gasteiger partial charge < -0.3 is 4.74 Å². The molecule has 3 nitrogen and oxygen atoms in total. The lowest BCUT2D eigenvalue weighted by Crippen LogP contribution is -2.02. The molecule has 0 spiro atoms. The van der Waals surface area contributed by atoms with Crippen molar-refractivity contribution in [3.8, 4) is 17.0 Å². The Balaban J connectivity index is 1.66. The molecular weight excluding hydrogens is 375 g/mol. The molecule has 1 heterocycles. The molecule has 0 radical (unpaired) electrons. The van der Waals surface area contributed by atoms with Crippen molar-refractivity contribution >= 4 is 45.9 Å². The van der Waals surface area contributed by atoms with E-state index in [0.29, 0.717) is 10.0 Å². The van der Waals surface area contributed by atoms with Gasteiger partial charge in [0.15, 0.2) is 0 Å². The maximum absolute atomic E-state index is 6.19. The van der Waals surface area contributed by atoms with Gasteiger partial charge in [-0.25, -0.2) is 9.98 Å². The van der Waals surface area contributed by atoms with Gasteiger partial charge in [-0.15, -0.1) is 0 Å². The van der Waals surface area contributed by atoms with Crippen molar-refractivity contribution < 1.29 is 4.74 Å². The third-order valence-electron chi connectivity index (χ3n) is 4.15. The lowest BCUT2D eigenvalue weighted by atomic mass is 9.93. The van der Waals surface area contributed by atoms with E-state index in [4.69, 9.17) is 32.9 Å². The van der Waals surface area contributed by atoms with Crippen LogP contribution in [0, 0.1) is 0 Å². The van der Waals surface area contributed by atoms with Crippen LogP contribution in [0.3, 0.4) is 0 Å². The van der Waals surface area contributed by atoms with Gasteiger partial charge >= 0.3 is 0 Å². The maximum atomic E-state index is 6.19. The zero-order chi connectivity index (χ0) is 17.4. The van der Waals surface area contributed by atoms with Crippen LogP contribution in [-0.2, 0) is 12.8 Å². The molecule has 25 heavy (non-hydrogen) atoms. The van der Waals surface area contributed by atoms with E-state index in [1.165, 1.54) is 16.0 Å². The molecule has 0 saturated heterocycles. The van der Waals surface area contributed by atoms with Crippen LogP contribution in [0.4, 0.5) is 5.13 Å². The highest BCUT2D eigenvalue weighted by molar-refractivity contribution is 7.15. The Hall–Kier alpha value is -1.88. The monoisotopic (exact) mass is 388 g/mol. The molecule has 0 fully saturated rings. The van der Waals surface area contributed by atoms with Gasteiger partial charge in [-0.3, -0.25) is 0 Å². The van der Waals surface area contributed by atoms with Gasteiger partial charge in [0.1, 0.15) is 5.75 Å². The third kappa shape index (κ3) is 3.30. The van der Waals surface area contributed by atoms with E-state index in [1.54, 1.807) is 36.8 Å². The standard InChI is InChI=1S/C19H14Cl2N2OS/c1-24-14-5-6-15-11(8-14)3-7-17-18(15)23-19(25-17)22-10-12-2-4-13(20)9-16(12)21/h2,4-6,8-10H,3,7H2,1H3/b22-10+. The molecule has 6 heteroatoms. The first kappa shape index (κ1) is 16.6. The molecule has 0 unspecified atom stereocenters. The maximum Gasteiger partial charge on any atom is 0.209 e. The van der Waals surface area contributed by atoms with Crippen LogP contribution in [0.1, 0.15) is 16.0 Å². The number of rotatable bonds is 3. The minimum absolute atomic E-state index is 0.579. The van der Waals surface area contributed by atoms with Crippen molar-refractivity contribution in [2.45, 2.75) is 12.8 Å². The van der Waals surface area contributed by atoms with Crippen molar-refractivity contribution in [2.24, 2.45) is 4.99 Å². The van der Waals surface area contributed by atoms with Crippen molar-refractivity contribution in [2.75, 3.05) is 7.11 Å². The van der Waals surface area contributed by atoms with Crippen LogP contribution in [-0.4, -0.2) is 18.3 Å². The van der Waals surface area contributed by atoms with Gasteiger partial charge in [0.2, 0.25) is 5.13 Å². The average molecular weight is 389 g/mol. The van der Waals surface area contributed by atoms with Gasteiger partial charge in [-0.1, -0.05) is 40.6 Å². The summed E-state index contributed by atoms with van der Waals surface area (Å²) in [6, 6.07) is 11.5. The Labute approximate surface area is 159 Å². The Morgan fingerprint density at radius 1 is 1.16 bits per heavy atom. The summed E-state index contributed by atoms with van der Waals surface area (Å²) in [4.78, 5) is 10.5. The SMILES string of the molecule is COc1ccc2c(c1)CCc1sc(/N=C/c3ccc(Cl)cc3Cl)nc1-2. The van der Waals surface area contributed by atoms with Gasteiger partial charge in [0.25, 0.3) is 0 Å². The quantitative estimate of drug-likeness (QED) is 0.517. The van der Waals surface area contributed by atoms with Gasteiger partial charge in [0, 0.05) is 27.2 Å². The highest BCUT2D eigenvalue weighted by atomic mass is 35.5. The Bertz CT molecular complexity index is 982. The van der Waals surface area contributed by atoms with E-state index < -0.39 is 0 Å². The highest BCUT2D eigenvalue weighted by Crippen LogP contribution is 2.40. The first-order valence-electron chi connectivity index (χ1n) is 7.80. The Morgan fingerprint density at radius 2 is 2.04 bits per heavy atom. The summed E-state index contributed by atoms with van der Waals surface area (Å²) in [5, 5.41) is 1.92. The summed E-state index contributed by atoms with van der Waals surface area (Å²) in [6.45, 7) is 0.